The van der Waals surface area contributed by atoms with Crippen LogP contribution in [0.4, 0.5) is 4.39 Å². The monoisotopic (exact) mass is 310 g/mol. The molecule has 23 heavy (non-hydrogen) atoms. The first-order valence-corrected chi connectivity index (χ1v) is 8.00. The molecule has 0 spiro atoms. The first-order chi connectivity index (χ1) is 11.2. The number of hydrogen-bond donors (Lipinski definition) is 2. The van der Waals surface area contributed by atoms with Crippen LogP contribution in [0.25, 0.3) is 11.0 Å². The van der Waals surface area contributed by atoms with Crippen molar-refractivity contribution in [3.63, 3.8) is 0 Å². The van der Waals surface area contributed by atoms with Crippen LogP contribution >= 0.6 is 0 Å². The van der Waals surface area contributed by atoms with E-state index in [9.17, 15) is 4.39 Å². The number of nitrogens with one attached hydrogen (secondary N) is 2. The molecule has 1 saturated heterocycles. The van der Waals surface area contributed by atoms with Gasteiger partial charge in [0.05, 0.1) is 17.2 Å². The van der Waals surface area contributed by atoms with Crippen LogP contribution in [-0.2, 0) is 0 Å². The van der Waals surface area contributed by atoms with Crippen LogP contribution in [-0.4, -0.2) is 21.0 Å². The molecule has 1 aliphatic rings. The Hall–Kier alpha value is -2.27. The molecule has 3 atom stereocenters. The average molecular weight is 310 g/mol. The summed E-state index contributed by atoms with van der Waals surface area (Å²) in [5.74, 6) is 0.967. The van der Waals surface area contributed by atoms with Crippen molar-refractivity contribution in [2.45, 2.75) is 37.8 Å². The van der Waals surface area contributed by atoms with E-state index in [0.29, 0.717) is 6.04 Å². The van der Waals surface area contributed by atoms with Gasteiger partial charge in [0, 0.05) is 24.2 Å². The summed E-state index contributed by atoms with van der Waals surface area (Å²) in [4.78, 5) is 12.4. The second-order valence-corrected chi connectivity index (χ2v) is 6.35. The molecule has 0 radical (unpaired) electrons. The van der Waals surface area contributed by atoms with Crippen molar-refractivity contribution >= 4 is 11.0 Å². The Balaban J connectivity index is 1.63. The predicted octanol–water partition coefficient (Wildman–Crippen LogP) is 3.69. The topological polar surface area (TPSA) is 53.6 Å². The number of aromatic amines is 1. The van der Waals surface area contributed by atoms with E-state index in [1.165, 1.54) is 6.07 Å². The van der Waals surface area contributed by atoms with Gasteiger partial charge in [0.1, 0.15) is 11.6 Å². The fourth-order valence-electron chi connectivity index (χ4n) is 3.51. The van der Waals surface area contributed by atoms with Crippen LogP contribution in [0.1, 0.15) is 43.1 Å². The molecule has 3 aromatic rings. The van der Waals surface area contributed by atoms with Gasteiger partial charge in [-0.25, -0.2) is 14.4 Å². The first kappa shape index (κ1) is 14.3. The number of fused-ring (bicyclic) bond motifs is 1. The van der Waals surface area contributed by atoms with Crippen LogP contribution in [0.2, 0.25) is 0 Å². The van der Waals surface area contributed by atoms with Gasteiger partial charge in [0.2, 0.25) is 0 Å². The van der Waals surface area contributed by atoms with E-state index in [-0.39, 0.29) is 17.8 Å². The van der Waals surface area contributed by atoms with E-state index >= 15 is 0 Å². The van der Waals surface area contributed by atoms with Gasteiger partial charge in [-0.2, -0.15) is 0 Å². The molecule has 3 unspecified atom stereocenters. The highest BCUT2D eigenvalue weighted by Crippen LogP contribution is 2.35. The number of rotatable bonds is 2. The molecule has 0 saturated carbocycles. The lowest BCUT2D eigenvalue weighted by Gasteiger charge is -2.34. The Labute approximate surface area is 134 Å². The summed E-state index contributed by atoms with van der Waals surface area (Å²) >= 11 is 0. The van der Waals surface area contributed by atoms with Gasteiger partial charge in [-0.15, -0.1) is 0 Å². The van der Waals surface area contributed by atoms with Gasteiger partial charge < -0.3 is 10.3 Å². The van der Waals surface area contributed by atoms with Gasteiger partial charge >= 0.3 is 0 Å². The number of aromatic nitrogens is 3. The standard InChI is InChI=1S/C18H19FN4/c1-11-7-13(18-21-10-17-15(23-18)5-6-20-17)9-16(22-11)12-3-2-4-14(19)8-12/h2-6,8,10-11,13,16,20,22H,7,9H2,1H3. The van der Waals surface area contributed by atoms with Crippen LogP contribution < -0.4 is 5.32 Å². The van der Waals surface area contributed by atoms with E-state index in [2.05, 4.69) is 22.2 Å². The summed E-state index contributed by atoms with van der Waals surface area (Å²) in [7, 11) is 0. The Morgan fingerprint density at radius 2 is 2.13 bits per heavy atom. The lowest BCUT2D eigenvalue weighted by molar-refractivity contribution is 0.299. The molecule has 3 heterocycles. The number of halogens is 1. The lowest BCUT2D eigenvalue weighted by Crippen LogP contribution is -2.38. The molecule has 4 nitrogen and oxygen atoms in total. The van der Waals surface area contributed by atoms with Crippen LogP contribution in [0.5, 0.6) is 0 Å². The zero-order valence-electron chi connectivity index (χ0n) is 13.0. The highest BCUT2D eigenvalue weighted by Gasteiger charge is 2.29. The smallest absolute Gasteiger partial charge is 0.132 e. The van der Waals surface area contributed by atoms with Crippen molar-refractivity contribution in [3.8, 4) is 0 Å². The van der Waals surface area contributed by atoms with Gasteiger partial charge in [0.15, 0.2) is 0 Å². The Morgan fingerprint density at radius 1 is 1.22 bits per heavy atom. The lowest BCUT2D eigenvalue weighted by atomic mass is 9.85. The minimum atomic E-state index is -0.191. The van der Waals surface area contributed by atoms with Gasteiger partial charge in [-0.3, -0.25) is 0 Å². The molecule has 0 aliphatic carbocycles. The van der Waals surface area contributed by atoms with E-state index in [1.54, 1.807) is 12.1 Å². The molecule has 1 fully saturated rings. The molecular formula is C18H19FN4. The molecule has 0 amide bonds. The SMILES string of the molecule is CC1CC(c2ncc3[nH]ccc3n2)CC(c2cccc(F)c2)N1. The van der Waals surface area contributed by atoms with E-state index in [4.69, 9.17) is 4.98 Å². The summed E-state index contributed by atoms with van der Waals surface area (Å²) in [6, 6.07) is 9.28. The molecule has 4 rings (SSSR count). The van der Waals surface area contributed by atoms with Crippen molar-refractivity contribution in [2.24, 2.45) is 0 Å². The zero-order chi connectivity index (χ0) is 15.8. The average Bonchev–Trinajstić information content (AvgIpc) is 3.02. The molecular weight excluding hydrogens is 291 g/mol. The molecule has 2 aromatic heterocycles. The number of piperidine rings is 1. The van der Waals surface area contributed by atoms with E-state index in [0.717, 1.165) is 35.3 Å². The molecule has 0 bridgehead atoms. The molecule has 1 aromatic carbocycles. The zero-order valence-corrected chi connectivity index (χ0v) is 13.0. The third kappa shape index (κ3) is 2.84. The quantitative estimate of drug-likeness (QED) is 0.759. The third-order valence-corrected chi connectivity index (χ3v) is 4.58. The summed E-state index contributed by atoms with van der Waals surface area (Å²) < 4.78 is 13.5. The Bertz CT molecular complexity index is 829. The highest BCUT2D eigenvalue weighted by atomic mass is 19.1. The van der Waals surface area contributed by atoms with Crippen LogP contribution in [0, 0.1) is 5.82 Å². The molecule has 2 N–H and O–H groups in total. The van der Waals surface area contributed by atoms with Crippen molar-refractivity contribution in [3.05, 3.63) is 59.9 Å². The van der Waals surface area contributed by atoms with Crippen molar-refractivity contribution in [2.75, 3.05) is 0 Å². The van der Waals surface area contributed by atoms with Gasteiger partial charge in [-0.05, 0) is 43.5 Å². The van der Waals surface area contributed by atoms with Crippen LogP contribution in [0.15, 0.2) is 42.7 Å². The molecule has 118 valence electrons. The summed E-state index contributed by atoms with van der Waals surface area (Å²) in [5, 5.41) is 3.56. The largest absolute Gasteiger partial charge is 0.359 e. The minimum absolute atomic E-state index is 0.130. The summed E-state index contributed by atoms with van der Waals surface area (Å²) in [6.07, 6.45) is 5.59. The van der Waals surface area contributed by atoms with E-state index < -0.39 is 0 Å². The van der Waals surface area contributed by atoms with Crippen molar-refractivity contribution in [1.29, 1.82) is 0 Å². The molecule has 5 heteroatoms. The molecule has 1 aliphatic heterocycles. The fraction of sp³-hybridized carbons (Fsp3) is 0.333. The Morgan fingerprint density at radius 3 is 3.00 bits per heavy atom. The van der Waals surface area contributed by atoms with E-state index in [1.807, 2.05) is 24.5 Å². The number of hydrogen-bond acceptors (Lipinski definition) is 3. The van der Waals surface area contributed by atoms with Crippen LogP contribution in [0.3, 0.4) is 0 Å². The minimum Gasteiger partial charge on any atom is -0.359 e. The second kappa shape index (κ2) is 5.74. The highest BCUT2D eigenvalue weighted by molar-refractivity contribution is 5.73. The number of nitrogens with zero attached hydrogens (tertiary/aromatic N) is 2. The van der Waals surface area contributed by atoms with Gasteiger partial charge in [-0.1, -0.05) is 12.1 Å². The predicted molar refractivity (Wildman–Crippen MR) is 87.6 cm³/mol. The van der Waals surface area contributed by atoms with Crippen molar-refractivity contribution < 1.29 is 4.39 Å². The normalized spacial score (nSPS) is 24.9. The number of benzene rings is 1. The second-order valence-electron chi connectivity index (χ2n) is 6.35. The number of H-pyrrole nitrogens is 1. The fourth-order valence-corrected chi connectivity index (χ4v) is 3.51. The van der Waals surface area contributed by atoms with Gasteiger partial charge in [0.25, 0.3) is 0 Å². The Kier molecular flexibility index (Phi) is 3.58. The first-order valence-electron chi connectivity index (χ1n) is 8.00. The third-order valence-electron chi connectivity index (χ3n) is 4.58. The van der Waals surface area contributed by atoms with Crippen molar-refractivity contribution in [1.82, 2.24) is 20.3 Å². The summed E-state index contributed by atoms with van der Waals surface area (Å²) in [6.45, 7) is 2.16. The maximum Gasteiger partial charge on any atom is 0.132 e. The maximum atomic E-state index is 13.5. The summed E-state index contributed by atoms with van der Waals surface area (Å²) in [5.41, 5.74) is 2.89. The maximum absolute atomic E-state index is 13.5.